The second kappa shape index (κ2) is 5.81. The molecule has 0 aliphatic rings. The lowest BCUT2D eigenvalue weighted by molar-refractivity contribution is 0.414. The molecular weight excluding hydrogens is 212 g/mol. The summed E-state index contributed by atoms with van der Waals surface area (Å²) in [5, 5.41) is 3.43. The van der Waals surface area contributed by atoms with Crippen LogP contribution in [0.3, 0.4) is 0 Å². The van der Waals surface area contributed by atoms with Crippen LogP contribution in [0, 0.1) is 0 Å². The topological polar surface area (TPSA) is 34.1 Å². The minimum absolute atomic E-state index is 0.155. The molecule has 1 heterocycles. The van der Waals surface area contributed by atoms with Crippen molar-refractivity contribution in [2.24, 2.45) is 0 Å². The maximum Gasteiger partial charge on any atom is 0.168 e. The maximum absolute atomic E-state index is 5.92. The standard InChI is InChI=1S/C11H17ClN2O/c1-8(12)7-9(2)14-11-10(15-3)5-4-6-13-11/h4-6,8-9H,7H2,1-3H3,(H,13,14). The fourth-order valence-corrected chi connectivity index (χ4v) is 1.71. The lowest BCUT2D eigenvalue weighted by Gasteiger charge is -2.17. The fraction of sp³-hybridized carbons (Fsp3) is 0.545. The molecule has 4 heteroatoms. The Balaban J connectivity index is 2.63. The molecule has 0 spiro atoms. The first-order valence-corrected chi connectivity index (χ1v) is 5.46. The first kappa shape index (κ1) is 12.1. The highest BCUT2D eigenvalue weighted by atomic mass is 35.5. The van der Waals surface area contributed by atoms with Gasteiger partial charge in [0, 0.05) is 17.6 Å². The first-order chi connectivity index (χ1) is 7.13. The second-order valence-corrected chi connectivity index (χ2v) is 4.36. The van der Waals surface area contributed by atoms with Gasteiger partial charge in [-0.2, -0.15) is 0 Å². The number of hydrogen-bond donors (Lipinski definition) is 1. The Labute approximate surface area is 95.8 Å². The average molecular weight is 229 g/mol. The third kappa shape index (κ3) is 3.96. The van der Waals surface area contributed by atoms with E-state index in [4.69, 9.17) is 16.3 Å². The molecule has 0 saturated heterocycles. The monoisotopic (exact) mass is 228 g/mol. The van der Waals surface area contributed by atoms with Gasteiger partial charge in [0.05, 0.1) is 7.11 Å². The largest absolute Gasteiger partial charge is 0.493 e. The van der Waals surface area contributed by atoms with Gasteiger partial charge in [0.2, 0.25) is 0 Å². The summed E-state index contributed by atoms with van der Waals surface area (Å²) in [4.78, 5) is 4.22. The number of aromatic nitrogens is 1. The van der Waals surface area contributed by atoms with Crippen molar-refractivity contribution in [2.75, 3.05) is 12.4 Å². The molecule has 1 N–H and O–H groups in total. The molecule has 0 aliphatic carbocycles. The summed E-state index contributed by atoms with van der Waals surface area (Å²) < 4.78 is 5.19. The van der Waals surface area contributed by atoms with Gasteiger partial charge >= 0.3 is 0 Å². The van der Waals surface area contributed by atoms with Gasteiger partial charge < -0.3 is 10.1 Å². The molecule has 1 rings (SSSR count). The highest BCUT2D eigenvalue weighted by Crippen LogP contribution is 2.21. The number of nitrogens with one attached hydrogen (secondary N) is 1. The van der Waals surface area contributed by atoms with Crippen molar-refractivity contribution in [1.82, 2.24) is 4.98 Å². The van der Waals surface area contributed by atoms with Gasteiger partial charge in [0.15, 0.2) is 11.6 Å². The van der Waals surface area contributed by atoms with Crippen molar-refractivity contribution in [3.05, 3.63) is 18.3 Å². The Hall–Kier alpha value is -0.960. The van der Waals surface area contributed by atoms with Crippen LogP contribution >= 0.6 is 11.6 Å². The number of anilines is 1. The Morgan fingerprint density at radius 3 is 2.87 bits per heavy atom. The Bertz CT molecular complexity index is 304. The summed E-state index contributed by atoms with van der Waals surface area (Å²) in [5.74, 6) is 1.52. The van der Waals surface area contributed by atoms with Crippen molar-refractivity contribution in [3.63, 3.8) is 0 Å². The summed E-state index contributed by atoms with van der Waals surface area (Å²) in [6.45, 7) is 4.06. The Morgan fingerprint density at radius 2 is 2.27 bits per heavy atom. The molecule has 84 valence electrons. The molecule has 15 heavy (non-hydrogen) atoms. The van der Waals surface area contributed by atoms with E-state index in [1.807, 2.05) is 19.1 Å². The molecule has 0 aromatic carbocycles. The maximum atomic E-state index is 5.92. The number of halogens is 1. The summed E-state index contributed by atoms with van der Waals surface area (Å²) >= 11 is 5.92. The molecule has 0 amide bonds. The quantitative estimate of drug-likeness (QED) is 0.787. The molecule has 0 radical (unpaired) electrons. The molecule has 2 unspecified atom stereocenters. The number of ether oxygens (including phenoxy) is 1. The Kier molecular flexibility index (Phi) is 4.69. The van der Waals surface area contributed by atoms with Crippen LogP contribution in [-0.2, 0) is 0 Å². The summed E-state index contributed by atoms with van der Waals surface area (Å²) in [6.07, 6.45) is 2.63. The van der Waals surface area contributed by atoms with Crippen LogP contribution in [-0.4, -0.2) is 23.5 Å². The normalized spacial score (nSPS) is 14.4. The summed E-state index contributed by atoms with van der Waals surface area (Å²) in [7, 11) is 1.64. The molecule has 0 bridgehead atoms. The van der Waals surface area contributed by atoms with E-state index in [-0.39, 0.29) is 11.4 Å². The Morgan fingerprint density at radius 1 is 1.53 bits per heavy atom. The molecule has 2 atom stereocenters. The van der Waals surface area contributed by atoms with Crippen molar-refractivity contribution >= 4 is 17.4 Å². The van der Waals surface area contributed by atoms with Crippen molar-refractivity contribution in [2.45, 2.75) is 31.7 Å². The number of methoxy groups -OCH3 is 1. The zero-order valence-corrected chi connectivity index (χ0v) is 10.1. The number of nitrogens with zero attached hydrogens (tertiary/aromatic N) is 1. The second-order valence-electron chi connectivity index (χ2n) is 3.62. The van der Waals surface area contributed by atoms with Crippen molar-refractivity contribution in [1.29, 1.82) is 0 Å². The van der Waals surface area contributed by atoms with Crippen molar-refractivity contribution in [3.8, 4) is 5.75 Å². The van der Waals surface area contributed by atoms with Crippen LogP contribution in [0.1, 0.15) is 20.3 Å². The first-order valence-electron chi connectivity index (χ1n) is 5.03. The smallest absolute Gasteiger partial charge is 0.168 e. The number of rotatable bonds is 5. The highest BCUT2D eigenvalue weighted by Gasteiger charge is 2.09. The van der Waals surface area contributed by atoms with E-state index in [0.717, 1.165) is 18.0 Å². The van der Waals surface area contributed by atoms with Gasteiger partial charge in [-0.3, -0.25) is 0 Å². The van der Waals surface area contributed by atoms with E-state index in [1.54, 1.807) is 13.3 Å². The number of hydrogen-bond acceptors (Lipinski definition) is 3. The van der Waals surface area contributed by atoms with Crippen LogP contribution in [0.4, 0.5) is 5.82 Å². The molecule has 1 aromatic rings. The lowest BCUT2D eigenvalue weighted by Crippen LogP contribution is -2.19. The van der Waals surface area contributed by atoms with Crippen LogP contribution in [0.25, 0.3) is 0 Å². The SMILES string of the molecule is COc1cccnc1NC(C)CC(C)Cl. The minimum Gasteiger partial charge on any atom is -0.493 e. The highest BCUT2D eigenvalue weighted by molar-refractivity contribution is 6.20. The van der Waals surface area contributed by atoms with Gasteiger partial charge in [0.1, 0.15) is 0 Å². The molecule has 3 nitrogen and oxygen atoms in total. The van der Waals surface area contributed by atoms with Crippen LogP contribution in [0.2, 0.25) is 0 Å². The number of pyridine rings is 1. The zero-order valence-electron chi connectivity index (χ0n) is 9.33. The predicted octanol–water partition coefficient (Wildman–Crippen LogP) is 2.91. The van der Waals surface area contributed by atoms with Gasteiger partial charge in [-0.15, -0.1) is 11.6 Å². The summed E-state index contributed by atoms with van der Waals surface area (Å²) in [6, 6.07) is 4.01. The van der Waals surface area contributed by atoms with Crippen LogP contribution in [0.15, 0.2) is 18.3 Å². The molecular formula is C11H17ClN2O. The molecule has 1 aromatic heterocycles. The minimum atomic E-state index is 0.155. The average Bonchev–Trinajstić information content (AvgIpc) is 2.17. The zero-order chi connectivity index (χ0) is 11.3. The van der Waals surface area contributed by atoms with Crippen LogP contribution < -0.4 is 10.1 Å². The number of alkyl halides is 1. The molecule has 0 saturated carbocycles. The van der Waals surface area contributed by atoms with E-state index in [2.05, 4.69) is 17.2 Å². The third-order valence-corrected chi connectivity index (χ3v) is 2.23. The van der Waals surface area contributed by atoms with E-state index in [9.17, 15) is 0 Å². The van der Waals surface area contributed by atoms with E-state index in [1.165, 1.54) is 0 Å². The van der Waals surface area contributed by atoms with E-state index in [0.29, 0.717) is 0 Å². The van der Waals surface area contributed by atoms with E-state index >= 15 is 0 Å². The fourth-order valence-electron chi connectivity index (χ4n) is 1.44. The van der Waals surface area contributed by atoms with Gasteiger partial charge in [-0.1, -0.05) is 0 Å². The molecule has 0 fully saturated rings. The van der Waals surface area contributed by atoms with Gasteiger partial charge in [0.25, 0.3) is 0 Å². The van der Waals surface area contributed by atoms with Crippen molar-refractivity contribution < 1.29 is 4.74 Å². The molecule has 0 aliphatic heterocycles. The predicted molar refractivity (Wildman–Crippen MR) is 63.8 cm³/mol. The van der Waals surface area contributed by atoms with Crippen LogP contribution in [0.5, 0.6) is 5.75 Å². The lowest BCUT2D eigenvalue weighted by atomic mass is 10.2. The van der Waals surface area contributed by atoms with Gasteiger partial charge in [-0.25, -0.2) is 4.98 Å². The third-order valence-electron chi connectivity index (χ3n) is 2.05. The van der Waals surface area contributed by atoms with E-state index < -0.39 is 0 Å². The van der Waals surface area contributed by atoms with Gasteiger partial charge in [-0.05, 0) is 32.4 Å². The summed E-state index contributed by atoms with van der Waals surface area (Å²) in [5.41, 5.74) is 0.